The van der Waals surface area contributed by atoms with Crippen molar-refractivity contribution in [3.63, 3.8) is 0 Å². The summed E-state index contributed by atoms with van der Waals surface area (Å²) < 4.78 is 38.5. The van der Waals surface area contributed by atoms with Crippen molar-refractivity contribution in [1.29, 1.82) is 0 Å². The monoisotopic (exact) mass is 313 g/mol. The molecule has 6 nitrogen and oxygen atoms in total. The van der Waals surface area contributed by atoms with Gasteiger partial charge in [-0.2, -0.15) is 4.39 Å². The Bertz CT molecular complexity index is 664. The topological polar surface area (TPSA) is 70.6 Å². The number of piperidine rings is 1. The van der Waals surface area contributed by atoms with Crippen LogP contribution in [0.25, 0.3) is 0 Å². The molecule has 1 aromatic rings. The number of rotatable bonds is 2. The molecule has 0 bridgehead atoms. The molecule has 3 heterocycles. The van der Waals surface area contributed by atoms with Gasteiger partial charge in [0.15, 0.2) is 0 Å². The molecule has 0 N–H and O–H groups in total. The molecule has 1 atom stereocenters. The molecule has 8 heteroatoms. The predicted molar refractivity (Wildman–Crippen MR) is 73.3 cm³/mol. The zero-order valence-corrected chi connectivity index (χ0v) is 12.2. The van der Waals surface area contributed by atoms with Gasteiger partial charge in [0, 0.05) is 12.6 Å². The van der Waals surface area contributed by atoms with Crippen LogP contribution in [-0.2, 0) is 16.6 Å². The van der Waals surface area contributed by atoms with Crippen molar-refractivity contribution in [1.82, 2.24) is 14.2 Å². The lowest BCUT2D eigenvalue weighted by atomic mass is 10.0. The molecule has 0 spiro atoms. The van der Waals surface area contributed by atoms with Crippen molar-refractivity contribution in [2.45, 2.75) is 31.8 Å². The number of halogens is 1. The van der Waals surface area contributed by atoms with Gasteiger partial charge >= 0.3 is 6.03 Å². The Morgan fingerprint density at radius 2 is 2.14 bits per heavy atom. The zero-order chi connectivity index (χ0) is 15.0. The van der Waals surface area contributed by atoms with Crippen LogP contribution in [-0.4, -0.2) is 47.0 Å². The van der Waals surface area contributed by atoms with Crippen LogP contribution in [0.1, 0.15) is 25.0 Å². The van der Waals surface area contributed by atoms with E-state index in [0.29, 0.717) is 6.54 Å². The highest BCUT2D eigenvalue weighted by Gasteiger charge is 2.43. The second-order valence-corrected chi connectivity index (χ2v) is 7.30. The third-order valence-corrected chi connectivity index (χ3v) is 5.67. The van der Waals surface area contributed by atoms with E-state index in [2.05, 4.69) is 4.98 Å². The first-order valence-corrected chi connectivity index (χ1v) is 8.51. The Balaban J connectivity index is 1.87. The highest BCUT2D eigenvalue weighted by atomic mass is 32.2. The number of hydrogen-bond donors (Lipinski definition) is 0. The van der Waals surface area contributed by atoms with Crippen molar-refractivity contribution in [2.75, 3.05) is 12.3 Å². The number of fused-ring (bicyclic) bond motifs is 1. The first kappa shape index (κ1) is 14.2. The normalized spacial score (nSPS) is 24.8. The Kier molecular flexibility index (Phi) is 3.56. The van der Waals surface area contributed by atoms with Crippen LogP contribution >= 0.6 is 0 Å². The second-order valence-electron chi connectivity index (χ2n) is 5.36. The summed E-state index contributed by atoms with van der Waals surface area (Å²) in [5.74, 6) is -0.751. The highest BCUT2D eigenvalue weighted by Crippen LogP contribution is 2.27. The summed E-state index contributed by atoms with van der Waals surface area (Å²) in [5, 5.41) is 0. The molecule has 0 aliphatic carbocycles. The van der Waals surface area contributed by atoms with Gasteiger partial charge in [0.05, 0.1) is 18.0 Å². The molecule has 1 aromatic heterocycles. The van der Waals surface area contributed by atoms with Crippen molar-refractivity contribution in [3.8, 4) is 0 Å². The van der Waals surface area contributed by atoms with Gasteiger partial charge in [-0.15, -0.1) is 0 Å². The van der Waals surface area contributed by atoms with Crippen molar-refractivity contribution in [2.24, 2.45) is 0 Å². The van der Waals surface area contributed by atoms with Gasteiger partial charge in [-0.3, -0.25) is 0 Å². The van der Waals surface area contributed by atoms with Crippen LogP contribution in [0.4, 0.5) is 9.18 Å². The quantitative estimate of drug-likeness (QED) is 0.773. The maximum atomic E-state index is 13.1. The van der Waals surface area contributed by atoms with Gasteiger partial charge in [0.2, 0.25) is 16.0 Å². The third kappa shape index (κ3) is 2.72. The number of carbonyl (C=O) groups excluding carboxylic acids is 1. The average Bonchev–Trinajstić information content (AvgIpc) is 2.43. The van der Waals surface area contributed by atoms with Crippen LogP contribution in [0.5, 0.6) is 0 Å². The lowest BCUT2D eigenvalue weighted by Crippen LogP contribution is -2.60. The van der Waals surface area contributed by atoms with Gasteiger partial charge in [-0.1, -0.05) is 6.07 Å². The van der Waals surface area contributed by atoms with Crippen molar-refractivity contribution < 1.29 is 17.6 Å². The van der Waals surface area contributed by atoms with Gasteiger partial charge in [0.1, 0.15) is 0 Å². The molecule has 0 radical (unpaired) electrons. The molecule has 2 saturated heterocycles. The highest BCUT2D eigenvalue weighted by molar-refractivity contribution is 7.89. The minimum absolute atomic E-state index is 0.0615. The van der Waals surface area contributed by atoms with E-state index >= 15 is 0 Å². The van der Waals surface area contributed by atoms with E-state index in [-0.39, 0.29) is 24.0 Å². The maximum Gasteiger partial charge on any atom is 0.334 e. The second kappa shape index (κ2) is 5.25. The largest absolute Gasteiger partial charge is 0.334 e. The van der Waals surface area contributed by atoms with Crippen LogP contribution in [0, 0.1) is 5.95 Å². The van der Waals surface area contributed by atoms with Crippen molar-refractivity contribution >= 4 is 16.1 Å². The smallest absolute Gasteiger partial charge is 0.320 e. The predicted octanol–water partition coefficient (Wildman–Crippen LogP) is 1.34. The molecule has 2 aliphatic rings. The molecule has 3 rings (SSSR count). The minimum Gasteiger partial charge on any atom is -0.320 e. The summed E-state index contributed by atoms with van der Waals surface area (Å²) in [6.07, 6.45) is 2.54. The maximum absolute atomic E-state index is 13.1. The van der Waals surface area contributed by atoms with E-state index in [9.17, 15) is 17.6 Å². The van der Waals surface area contributed by atoms with Gasteiger partial charge in [-0.25, -0.2) is 22.5 Å². The van der Waals surface area contributed by atoms with E-state index in [4.69, 9.17) is 0 Å². The standard InChI is InChI=1S/C13H16FN3O3S/c14-12-6-3-4-10(15-12)8-17-13(18)16-7-2-1-5-11(16)9-21(17,19)20/h3-4,6,11H,1-2,5,7-9H2. The Labute approximate surface area is 122 Å². The number of urea groups is 1. The van der Waals surface area contributed by atoms with E-state index in [1.165, 1.54) is 18.2 Å². The minimum atomic E-state index is -3.67. The molecule has 0 aromatic carbocycles. The molecular weight excluding hydrogens is 297 g/mol. The molecule has 2 aliphatic heterocycles. The lowest BCUT2D eigenvalue weighted by Gasteiger charge is -2.43. The van der Waals surface area contributed by atoms with Crippen molar-refractivity contribution in [3.05, 3.63) is 29.8 Å². The van der Waals surface area contributed by atoms with Crippen LogP contribution in [0.15, 0.2) is 18.2 Å². The molecule has 21 heavy (non-hydrogen) atoms. The first-order chi connectivity index (χ1) is 9.97. The summed E-state index contributed by atoms with van der Waals surface area (Å²) in [5.41, 5.74) is 0.224. The number of hydrogen-bond acceptors (Lipinski definition) is 4. The Morgan fingerprint density at radius 3 is 2.90 bits per heavy atom. The summed E-state index contributed by atoms with van der Waals surface area (Å²) >= 11 is 0. The van der Waals surface area contributed by atoms with Crippen LogP contribution in [0.2, 0.25) is 0 Å². The van der Waals surface area contributed by atoms with E-state index < -0.39 is 22.0 Å². The molecule has 1 unspecified atom stereocenters. The van der Waals surface area contributed by atoms with Gasteiger partial charge in [0.25, 0.3) is 0 Å². The number of carbonyl (C=O) groups is 1. The SMILES string of the molecule is O=C1N2CCCCC2CS(=O)(=O)N1Cc1cccc(F)n1. The van der Waals surface area contributed by atoms with Crippen LogP contribution in [0.3, 0.4) is 0 Å². The first-order valence-electron chi connectivity index (χ1n) is 6.90. The van der Waals surface area contributed by atoms with Crippen LogP contribution < -0.4 is 0 Å². The fourth-order valence-corrected chi connectivity index (χ4v) is 4.56. The van der Waals surface area contributed by atoms with Gasteiger partial charge in [-0.05, 0) is 31.4 Å². The number of nitrogens with zero attached hydrogens (tertiary/aromatic N) is 3. The Morgan fingerprint density at radius 1 is 1.33 bits per heavy atom. The molecule has 0 saturated carbocycles. The van der Waals surface area contributed by atoms with E-state index in [0.717, 1.165) is 23.6 Å². The molecule has 114 valence electrons. The van der Waals surface area contributed by atoms with E-state index in [1.54, 1.807) is 4.90 Å². The summed E-state index contributed by atoms with van der Waals surface area (Å²) in [7, 11) is -3.67. The summed E-state index contributed by atoms with van der Waals surface area (Å²) in [6, 6.07) is 3.39. The summed E-state index contributed by atoms with van der Waals surface area (Å²) in [4.78, 5) is 17.7. The number of aromatic nitrogens is 1. The zero-order valence-electron chi connectivity index (χ0n) is 11.4. The molecular formula is C13H16FN3O3S. The number of amides is 2. The molecule has 2 amide bonds. The third-order valence-electron chi connectivity index (χ3n) is 3.90. The average molecular weight is 313 g/mol. The number of sulfonamides is 1. The van der Waals surface area contributed by atoms with E-state index in [1.807, 2.05) is 0 Å². The summed E-state index contributed by atoms with van der Waals surface area (Å²) in [6.45, 7) is 0.355. The number of pyridine rings is 1. The molecule has 2 fully saturated rings. The fourth-order valence-electron chi connectivity index (χ4n) is 2.87. The fraction of sp³-hybridized carbons (Fsp3) is 0.538. The lowest BCUT2D eigenvalue weighted by molar-refractivity contribution is 0.130. The van der Waals surface area contributed by atoms with Gasteiger partial charge < -0.3 is 4.90 Å². The Hall–Kier alpha value is -1.70.